The molecular weight excluding hydrogens is 487 g/mol. The SMILES string of the molecule is c1ccc(N(c2ccc3cc4sc5ccccc5c4cc3c2)c2cccc3sc4ccccc4c23)cc1. The van der Waals surface area contributed by atoms with Crippen LogP contribution in [0.2, 0.25) is 0 Å². The van der Waals surface area contributed by atoms with Crippen LogP contribution in [0.4, 0.5) is 17.1 Å². The predicted octanol–water partition coefficient (Wildman–Crippen LogP) is 11.0. The molecule has 1 nitrogen and oxygen atoms in total. The smallest absolute Gasteiger partial charge is 0.0554 e. The van der Waals surface area contributed by atoms with Crippen molar-refractivity contribution >= 4 is 90.9 Å². The van der Waals surface area contributed by atoms with Crippen LogP contribution in [0.5, 0.6) is 0 Å². The maximum Gasteiger partial charge on any atom is 0.0554 e. The Hall–Kier alpha value is -4.18. The minimum atomic E-state index is 1.16. The first-order valence-corrected chi connectivity index (χ1v) is 14.1. The summed E-state index contributed by atoms with van der Waals surface area (Å²) in [5.74, 6) is 0. The normalized spacial score (nSPS) is 11.8. The number of hydrogen-bond acceptors (Lipinski definition) is 3. The molecule has 8 aromatic rings. The summed E-state index contributed by atoms with van der Waals surface area (Å²) in [6.45, 7) is 0. The number of nitrogens with zero attached hydrogens (tertiary/aromatic N) is 1. The summed E-state index contributed by atoms with van der Waals surface area (Å²) in [7, 11) is 0. The van der Waals surface area contributed by atoms with Crippen LogP contribution in [0.15, 0.2) is 127 Å². The van der Waals surface area contributed by atoms with Gasteiger partial charge in [0, 0.05) is 51.7 Å². The first-order chi connectivity index (χ1) is 18.3. The minimum Gasteiger partial charge on any atom is -0.310 e. The van der Waals surface area contributed by atoms with Gasteiger partial charge in [-0.05, 0) is 71.4 Å². The summed E-state index contributed by atoms with van der Waals surface area (Å²) in [5, 5.41) is 7.83. The zero-order valence-corrected chi connectivity index (χ0v) is 21.5. The van der Waals surface area contributed by atoms with Gasteiger partial charge in [-0.1, -0.05) is 66.7 Å². The molecule has 0 radical (unpaired) electrons. The molecule has 0 saturated carbocycles. The van der Waals surface area contributed by atoms with E-state index >= 15 is 0 Å². The van der Waals surface area contributed by atoms with Crippen LogP contribution in [0.25, 0.3) is 51.1 Å². The summed E-state index contributed by atoms with van der Waals surface area (Å²) in [4.78, 5) is 2.41. The lowest BCUT2D eigenvalue weighted by Crippen LogP contribution is -2.10. The summed E-state index contributed by atoms with van der Waals surface area (Å²) in [6.07, 6.45) is 0. The molecule has 0 aliphatic rings. The second-order valence-corrected chi connectivity index (χ2v) is 11.6. The molecule has 0 fully saturated rings. The Kier molecular flexibility index (Phi) is 4.63. The van der Waals surface area contributed by atoms with Gasteiger partial charge >= 0.3 is 0 Å². The molecule has 174 valence electrons. The molecule has 0 saturated heterocycles. The van der Waals surface area contributed by atoms with E-state index in [1.54, 1.807) is 0 Å². The average molecular weight is 508 g/mol. The van der Waals surface area contributed by atoms with Crippen molar-refractivity contribution in [2.45, 2.75) is 0 Å². The van der Waals surface area contributed by atoms with Crippen LogP contribution in [0.1, 0.15) is 0 Å². The van der Waals surface area contributed by atoms with E-state index in [4.69, 9.17) is 0 Å². The summed E-state index contributed by atoms with van der Waals surface area (Å²) < 4.78 is 5.32. The lowest BCUT2D eigenvalue weighted by molar-refractivity contribution is 1.31. The van der Waals surface area contributed by atoms with Crippen LogP contribution in [0, 0.1) is 0 Å². The molecular formula is C34H21NS2. The van der Waals surface area contributed by atoms with Gasteiger partial charge in [0.1, 0.15) is 0 Å². The van der Waals surface area contributed by atoms with Crippen LogP contribution in [-0.2, 0) is 0 Å². The molecule has 0 bridgehead atoms. The summed E-state index contributed by atoms with van der Waals surface area (Å²) in [6, 6.07) is 46.5. The van der Waals surface area contributed by atoms with E-state index in [2.05, 4.69) is 132 Å². The number of benzene rings is 6. The second kappa shape index (κ2) is 8.17. The third-order valence-corrected chi connectivity index (χ3v) is 9.48. The topological polar surface area (TPSA) is 3.24 Å². The molecule has 0 amide bonds. The molecule has 2 aromatic heterocycles. The maximum absolute atomic E-state index is 2.41. The van der Waals surface area contributed by atoms with Crippen LogP contribution < -0.4 is 4.90 Å². The quantitative estimate of drug-likeness (QED) is 0.230. The average Bonchev–Trinajstić information content (AvgIpc) is 3.51. The van der Waals surface area contributed by atoms with Gasteiger partial charge < -0.3 is 4.90 Å². The van der Waals surface area contributed by atoms with Crippen LogP contribution in [0.3, 0.4) is 0 Å². The molecule has 3 heteroatoms. The molecule has 0 N–H and O–H groups in total. The molecule has 0 aliphatic carbocycles. The van der Waals surface area contributed by atoms with E-state index in [-0.39, 0.29) is 0 Å². The van der Waals surface area contributed by atoms with Gasteiger partial charge in [0.05, 0.1) is 5.69 Å². The molecule has 2 heterocycles. The zero-order chi connectivity index (χ0) is 24.3. The second-order valence-electron chi connectivity index (χ2n) is 9.40. The molecule has 0 atom stereocenters. The van der Waals surface area contributed by atoms with Crippen molar-refractivity contribution in [2.75, 3.05) is 4.90 Å². The molecule has 0 unspecified atom stereocenters. The van der Waals surface area contributed by atoms with E-state index in [0.29, 0.717) is 0 Å². The molecule has 37 heavy (non-hydrogen) atoms. The first-order valence-electron chi connectivity index (χ1n) is 12.4. The van der Waals surface area contributed by atoms with Gasteiger partial charge in [-0.15, -0.1) is 22.7 Å². The van der Waals surface area contributed by atoms with Gasteiger partial charge in [-0.25, -0.2) is 0 Å². The van der Waals surface area contributed by atoms with Gasteiger partial charge in [0.15, 0.2) is 0 Å². The number of thiophene rings is 2. The third-order valence-electron chi connectivity index (χ3n) is 7.21. The van der Waals surface area contributed by atoms with Gasteiger partial charge in [-0.3, -0.25) is 0 Å². The van der Waals surface area contributed by atoms with Crippen molar-refractivity contribution in [3.8, 4) is 0 Å². The largest absolute Gasteiger partial charge is 0.310 e. The molecule has 0 aliphatic heterocycles. The number of anilines is 3. The summed E-state index contributed by atoms with van der Waals surface area (Å²) >= 11 is 3.74. The number of fused-ring (bicyclic) bond motifs is 7. The number of para-hydroxylation sites is 1. The van der Waals surface area contributed by atoms with Crippen molar-refractivity contribution in [1.29, 1.82) is 0 Å². The van der Waals surface area contributed by atoms with Gasteiger partial charge in [-0.2, -0.15) is 0 Å². The van der Waals surface area contributed by atoms with Crippen molar-refractivity contribution in [2.24, 2.45) is 0 Å². The Morgan fingerprint density at radius 3 is 1.97 bits per heavy atom. The highest BCUT2D eigenvalue weighted by atomic mass is 32.1. The van der Waals surface area contributed by atoms with Crippen molar-refractivity contribution in [1.82, 2.24) is 0 Å². The highest BCUT2D eigenvalue weighted by molar-refractivity contribution is 7.26. The first kappa shape index (κ1) is 21.0. The fraction of sp³-hybridized carbons (Fsp3) is 0. The van der Waals surface area contributed by atoms with Crippen molar-refractivity contribution in [3.63, 3.8) is 0 Å². The Morgan fingerprint density at radius 2 is 1.11 bits per heavy atom. The van der Waals surface area contributed by atoms with Gasteiger partial charge in [0.25, 0.3) is 0 Å². The Balaban J connectivity index is 1.41. The highest BCUT2D eigenvalue weighted by Crippen LogP contribution is 2.45. The van der Waals surface area contributed by atoms with Gasteiger partial charge in [0.2, 0.25) is 0 Å². The monoisotopic (exact) mass is 507 g/mol. The maximum atomic E-state index is 2.41. The van der Waals surface area contributed by atoms with E-state index in [0.717, 1.165) is 5.69 Å². The van der Waals surface area contributed by atoms with E-state index in [1.165, 1.54) is 62.5 Å². The fourth-order valence-electron chi connectivity index (χ4n) is 5.54. The minimum absolute atomic E-state index is 1.16. The van der Waals surface area contributed by atoms with Crippen molar-refractivity contribution in [3.05, 3.63) is 127 Å². The van der Waals surface area contributed by atoms with E-state index in [1.807, 2.05) is 22.7 Å². The zero-order valence-electron chi connectivity index (χ0n) is 19.9. The third kappa shape index (κ3) is 3.28. The predicted molar refractivity (Wildman–Crippen MR) is 164 cm³/mol. The Labute approximate surface area is 222 Å². The molecule has 6 aromatic carbocycles. The standard InChI is InChI=1S/C34H21NS2/c1-2-9-24(10-3-1)35(29-13-8-16-32-34(29)27-12-5-7-15-31(27)36-32)25-18-17-22-21-33-28(20-23(22)19-25)26-11-4-6-14-30(26)37-33/h1-21H. The lowest BCUT2D eigenvalue weighted by atomic mass is 10.0. The lowest BCUT2D eigenvalue weighted by Gasteiger charge is -2.26. The van der Waals surface area contributed by atoms with Crippen LogP contribution >= 0.6 is 22.7 Å². The number of rotatable bonds is 3. The molecule has 8 rings (SSSR count). The number of hydrogen-bond donors (Lipinski definition) is 0. The highest BCUT2D eigenvalue weighted by Gasteiger charge is 2.18. The Bertz CT molecular complexity index is 2100. The van der Waals surface area contributed by atoms with Crippen LogP contribution in [-0.4, -0.2) is 0 Å². The molecule has 0 spiro atoms. The Morgan fingerprint density at radius 1 is 0.405 bits per heavy atom. The van der Waals surface area contributed by atoms with E-state index in [9.17, 15) is 0 Å². The van der Waals surface area contributed by atoms with E-state index < -0.39 is 0 Å². The van der Waals surface area contributed by atoms with Crippen molar-refractivity contribution < 1.29 is 0 Å². The fourth-order valence-corrected chi connectivity index (χ4v) is 7.80. The summed E-state index contributed by atoms with van der Waals surface area (Å²) in [5.41, 5.74) is 3.54.